The summed E-state index contributed by atoms with van der Waals surface area (Å²) in [6.07, 6.45) is 1.53. The molecule has 0 saturated heterocycles. The van der Waals surface area contributed by atoms with Gasteiger partial charge in [-0.2, -0.15) is 4.98 Å². The molecule has 0 aliphatic carbocycles. The van der Waals surface area contributed by atoms with Gasteiger partial charge in [-0.1, -0.05) is 24.3 Å². The van der Waals surface area contributed by atoms with Crippen LogP contribution < -0.4 is 11.3 Å². The standard InChI is InChI=1S/C14H13N5O/c1-8-5-3-4-6-9(8)11-13(20)19(2)12-10(17-11)7-16-14(15)18-12/h3-7H,1-2H3,(H2,15,16,18). The second-order valence-electron chi connectivity index (χ2n) is 4.58. The fourth-order valence-electron chi connectivity index (χ4n) is 2.14. The normalized spacial score (nSPS) is 10.9. The van der Waals surface area contributed by atoms with Crippen molar-refractivity contribution in [2.24, 2.45) is 7.05 Å². The highest BCUT2D eigenvalue weighted by molar-refractivity contribution is 5.75. The zero-order chi connectivity index (χ0) is 14.3. The van der Waals surface area contributed by atoms with Crippen LogP contribution in [0.3, 0.4) is 0 Å². The van der Waals surface area contributed by atoms with Gasteiger partial charge in [0.2, 0.25) is 5.95 Å². The van der Waals surface area contributed by atoms with Gasteiger partial charge in [-0.05, 0) is 12.5 Å². The molecular formula is C14H13N5O. The molecule has 0 aliphatic heterocycles. The minimum atomic E-state index is -0.204. The molecule has 0 aliphatic rings. The van der Waals surface area contributed by atoms with Crippen LogP contribution in [-0.4, -0.2) is 19.5 Å². The van der Waals surface area contributed by atoms with Crippen molar-refractivity contribution < 1.29 is 0 Å². The highest BCUT2D eigenvalue weighted by atomic mass is 16.1. The third-order valence-electron chi connectivity index (χ3n) is 3.23. The molecule has 0 fully saturated rings. The van der Waals surface area contributed by atoms with Crippen LogP contribution in [0.2, 0.25) is 0 Å². The third-order valence-corrected chi connectivity index (χ3v) is 3.23. The molecular weight excluding hydrogens is 254 g/mol. The molecule has 0 unspecified atom stereocenters. The summed E-state index contributed by atoms with van der Waals surface area (Å²) in [6.45, 7) is 1.94. The Balaban J connectivity index is 2.39. The van der Waals surface area contributed by atoms with Crippen LogP contribution in [0.1, 0.15) is 5.56 Å². The number of nitrogen functional groups attached to an aromatic ring is 1. The molecule has 2 aromatic heterocycles. The van der Waals surface area contributed by atoms with E-state index < -0.39 is 0 Å². The van der Waals surface area contributed by atoms with E-state index >= 15 is 0 Å². The van der Waals surface area contributed by atoms with Crippen LogP contribution in [-0.2, 0) is 7.05 Å². The third kappa shape index (κ3) is 1.82. The quantitative estimate of drug-likeness (QED) is 0.717. The topological polar surface area (TPSA) is 86.7 Å². The lowest BCUT2D eigenvalue weighted by Gasteiger charge is -2.09. The van der Waals surface area contributed by atoms with E-state index in [1.54, 1.807) is 7.05 Å². The van der Waals surface area contributed by atoms with Crippen molar-refractivity contribution in [1.82, 2.24) is 19.5 Å². The van der Waals surface area contributed by atoms with Gasteiger partial charge in [-0.25, -0.2) is 9.97 Å². The van der Waals surface area contributed by atoms with Gasteiger partial charge in [0.05, 0.1) is 6.20 Å². The first-order chi connectivity index (χ1) is 9.58. The Morgan fingerprint density at radius 3 is 2.70 bits per heavy atom. The number of benzene rings is 1. The van der Waals surface area contributed by atoms with E-state index in [0.717, 1.165) is 11.1 Å². The van der Waals surface area contributed by atoms with E-state index in [2.05, 4.69) is 15.0 Å². The van der Waals surface area contributed by atoms with Crippen molar-refractivity contribution in [3.05, 3.63) is 46.4 Å². The summed E-state index contributed by atoms with van der Waals surface area (Å²) in [7, 11) is 1.65. The summed E-state index contributed by atoms with van der Waals surface area (Å²) < 4.78 is 1.45. The smallest absolute Gasteiger partial charge is 0.278 e. The van der Waals surface area contributed by atoms with Crippen molar-refractivity contribution in [3.8, 4) is 11.3 Å². The molecule has 1 aromatic carbocycles. The van der Waals surface area contributed by atoms with Gasteiger partial charge in [0.15, 0.2) is 5.65 Å². The highest BCUT2D eigenvalue weighted by Crippen LogP contribution is 2.19. The van der Waals surface area contributed by atoms with Crippen molar-refractivity contribution in [2.45, 2.75) is 6.92 Å². The molecule has 2 heterocycles. The first kappa shape index (κ1) is 12.3. The molecule has 0 spiro atoms. The molecule has 6 nitrogen and oxygen atoms in total. The molecule has 100 valence electrons. The fraction of sp³-hybridized carbons (Fsp3) is 0.143. The van der Waals surface area contributed by atoms with Gasteiger partial charge in [-0.15, -0.1) is 0 Å². The van der Waals surface area contributed by atoms with Crippen molar-refractivity contribution >= 4 is 17.1 Å². The summed E-state index contributed by atoms with van der Waals surface area (Å²) in [5, 5.41) is 0. The van der Waals surface area contributed by atoms with E-state index in [4.69, 9.17) is 5.73 Å². The van der Waals surface area contributed by atoms with E-state index in [-0.39, 0.29) is 11.5 Å². The molecule has 0 bridgehead atoms. The monoisotopic (exact) mass is 267 g/mol. The summed E-state index contributed by atoms with van der Waals surface area (Å²) in [5.74, 6) is 0.123. The van der Waals surface area contributed by atoms with E-state index in [1.165, 1.54) is 10.8 Å². The SMILES string of the molecule is Cc1ccccc1-c1nc2cnc(N)nc2n(C)c1=O. The molecule has 0 amide bonds. The second kappa shape index (κ2) is 4.41. The number of hydrogen-bond donors (Lipinski definition) is 1. The van der Waals surface area contributed by atoms with Crippen LogP contribution >= 0.6 is 0 Å². The summed E-state index contributed by atoms with van der Waals surface area (Å²) in [4.78, 5) is 24.8. The Morgan fingerprint density at radius 2 is 1.95 bits per heavy atom. The highest BCUT2D eigenvalue weighted by Gasteiger charge is 2.13. The minimum Gasteiger partial charge on any atom is -0.368 e. The molecule has 0 radical (unpaired) electrons. The van der Waals surface area contributed by atoms with Gasteiger partial charge >= 0.3 is 0 Å². The number of aromatic nitrogens is 4. The average molecular weight is 267 g/mol. The van der Waals surface area contributed by atoms with Gasteiger partial charge < -0.3 is 5.73 Å². The predicted molar refractivity (Wildman–Crippen MR) is 77.2 cm³/mol. The molecule has 6 heteroatoms. The van der Waals surface area contributed by atoms with Gasteiger partial charge in [0.25, 0.3) is 5.56 Å². The van der Waals surface area contributed by atoms with Crippen LogP contribution in [0.4, 0.5) is 5.95 Å². The summed E-state index contributed by atoms with van der Waals surface area (Å²) >= 11 is 0. The lowest BCUT2D eigenvalue weighted by molar-refractivity contribution is 0.874. The maximum atomic E-state index is 12.4. The molecule has 2 N–H and O–H groups in total. The van der Waals surface area contributed by atoms with E-state index in [9.17, 15) is 4.79 Å². The molecule has 3 aromatic rings. The zero-order valence-electron chi connectivity index (χ0n) is 11.2. The average Bonchev–Trinajstić information content (AvgIpc) is 2.44. The number of hydrogen-bond acceptors (Lipinski definition) is 5. The van der Waals surface area contributed by atoms with Crippen molar-refractivity contribution in [1.29, 1.82) is 0 Å². The first-order valence-corrected chi connectivity index (χ1v) is 6.13. The largest absolute Gasteiger partial charge is 0.368 e. The Kier molecular flexibility index (Phi) is 2.71. The predicted octanol–water partition coefficient (Wildman–Crippen LogP) is 1.28. The van der Waals surface area contributed by atoms with Crippen LogP contribution in [0.15, 0.2) is 35.3 Å². The Morgan fingerprint density at radius 1 is 1.20 bits per heavy atom. The minimum absolute atomic E-state index is 0.123. The number of nitrogens with two attached hydrogens (primary N) is 1. The molecule has 0 atom stereocenters. The molecule has 20 heavy (non-hydrogen) atoms. The van der Waals surface area contributed by atoms with E-state index in [1.807, 2.05) is 31.2 Å². The second-order valence-corrected chi connectivity index (χ2v) is 4.58. The number of aryl methyl sites for hydroxylation is 2. The van der Waals surface area contributed by atoms with Gasteiger partial charge in [-0.3, -0.25) is 9.36 Å². The first-order valence-electron chi connectivity index (χ1n) is 6.13. The van der Waals surface area contributed by atoms with E-state index in [0.29, 0.717) is 16.9 Å². The van der Waals surface area contributed by atoms with Crippen LogP contribution in [0, 0.1) is 6.92 Å². The van der Waals surface area contributed by atoms with Crippen molar-refractivity contribution in [3.63, 3.8) is 0 Å². The Bertz CT molecular complexity index is 869. The van der Waals surface area contributed by atoms with Crippen LogP contribution in [0.5, 0.6) is 0 Å². The maximum absolute atomic E-state index is 12.4. The van der Waals surface area contributed by atoms with Gasteiger partial charge in [0, 0.05) is 12.6 Å². The van der Waals surface area contributed by atoms with Crippen LogP contribution in [0.25, 0.3) is 22.4 Å². The lowest BCUT2D eigenvalue weighted by atomic mass is 10.1. The zero-order valence-corrected chi connectivity index (χ0v) is 11.2. The number of fused-ring (bicyclic) bond motifs is 1. The molecule has 3 rings (SSSR count). The number of anilines is 1. The fourth-order valence-corrected chi connectivity index (χ4v) is 2.14. The summed E-state index contributed by atoms with van der Waals surface area (Å²) in [5.41, 5.74) is 8.52. The number of nitrogens with zero attached hydrogens (tertiary/aromatic N) is 4. The lowest BCUT2D eigenvalue weighted by Crippen LogP contribution is -2.22. The van der Waals surface area contributed by atoms with Gasteiger partial charge in [0.1, 0.15) is 11.2 Å². The molecule has 0 saturated carbocycles. The Labute approximate surface area is 114 Å². The Hall–Kier alpha value is -2.76. The van der Waals surface area contributed by atoms with Crippen molar-refractivity contribution in [2.75, 3.05) is 5.73 Å². The maximum Gasteiger partial charge on any atom is 0.278 e. The number of rotatable bonds is 1. The summed E-state index contributed by atoms with van der Waals surface area (Å²) in [6, 6.07) is 7.63.